The standard InChI is InChI=1S/C22H26ClN7O4S/c1-13-18(24)22(10-34-13)4-8-28(9-5-22)21-27-19(25)17(20(32)29(21)11-33-12-31)35-15-3-7-30-14(16(15)23)2-6-26-30/h2-3,6-7,12-13,18H,4-5,8-11,24-25H2,1H3/t13-,18+/m0/s1. The third-order valence-corrected chi connectivity index (χ3v) is 8.64. The lowest BCUT2D eigenvalue weighted by Crippen LogP contribution is -2.51. The predicted molar refractivity (Wildman–Crippen MR) is 132 cm³/mol. The monoisotopic (exact) mass is 519 g/mol. The van der Waals surface area contributed by atoms with E-state index in [1.165, 1.54) is 4.57 Å². The van der Waals surface area contributed by atoms with E-state index >= 15 is 0 Å². The number of hydrogen-bond donors (Lipinski definition) is 2. The van der Waals surface area contributed by atoms with Crippen molar-refractivity contribution in [3.8, 4) is 0 Å². The van der Waals surface area contributed by atoms with Crippen molar-refractivity contribution < 1.29 is 14.3 Å². The predicted octanol–water partition coefficient (Wildman–Crippen LogP) is 1.74. The van der Waals surface area contributed by atoms with Crippen molar-refractivity contribution in [3.05, 3.63) is 39.9 Å². The molecule has 1 spiro atoms. The molecule has 2 fully saturated rings. The summed E-state index contributed by atoms with van der Waals surface area (Å²) in [7, 11) is 0. The maximum Gasteiger partial charge on any atom is 0.294 e. The first-order valence-corrected chi connectivity index (χ1v) is 12.4. The molecule has 0 unspecified atom stereocenters. The number of ether oxygens (including phenoxy) is 2. The van der Waals surface area contributed by atoms with E-state index in [9.17, 15) is 9.59 Å². The molecule has 11 nitrogen and oxygen atoms in total. The van der Waals surface area contributed by atoms with Crippen molar-refractivity contribution in [2.45, 2.75) is 48.4 Å². The zero-order valence-corrected chi connectivity index (χ0v) is 20.7. The summed E-state index contributed by atoms with van der Waals surface area (Å²) < 4.78 is 13.7. The molecule has 2 atom stereocenters. The second kappa shape index (κ2) is 9.34. The first-order valence-electron chi connectivity index (χ1n) is 11.2. The van der Waals surface area contributed by atoms with Crippen molar-refractivity contribution in [2.24, 2.45) is 11.1 Å². The summed E-state index contributed by atoms with van der Waals surface area (Å²) in [4.78, 5) is 31.8. The number of carbonyl (C=O) groups excluding carboxylic acids is 1. The summed E-state index contributed by atoms with van der Waals surface area (Å²) in [5.41, 5.74) is 12.9. The SMILES string of the molecule is C[C@@H]1OCC2(CCN(c3nc(N)c(Sc4ccn5nccc5c4Cl)c(=O)n3COC=O)CC2)[C@@H]1N. The lowest BCUT2D eigenvalue weighted by atomic mass is 9.73. The summed E-state index contributed by atoms with van der Waals surface area (Å²) >= 11 is 7.66. The van der Waals surface area contributed by atoms with Crippen molar-refractivity contribution >= 4 is 47.1 Å². The van der Waals surface area contributed by atoms with Crippen LogP contribution in [0.15, 0.2) is 39.1 Å². The maximum atomic E-state index is 13.5. The molecule has 0 bridgehead atoms. The Morgan fingerprint density at radius 3 is 2.83 bits per heavy atom. The van der Waals surface area contributed by atoms with Gasteiger partial charge in [0.05, 0.1) is 29.4 Å². The molecule has 0 aliphatic carbocycles. The number of rotatable bonds is 6. The fourth-order valence-electron chi connectivity index (χ4n) is 4.86. The summed E-state index contributed by atoms with van der Waals surface area (Å²) in [5.74, 6) is 0.433. The van der Waals surface area contributed by atoms with Crippen LogP contribution in [-0.2, 0) is 21.0 Å². The topological polar surface area (TPSA) is 143 Å². The number of nitrogens with two attached hydrogens (primary N) is 2. The van der Waals surface area contributed by atoms with Gasteiger partial charge in [-0.3, -0.25) is 9.59 Å². The Kier molecular flexibility index (Phi) is 6.38. The first kappa shape index (κ1) is 23.9. The normalized spacial score (nSPS) is 21.6. The number of halogens is 1. The highest BCUT2D eigenvalue weighted by Gasteiger charge is 2.48. The second-order valence-corrected chi connectivity index (χ2v) is 10.3. The van der Waals surface area contributed by atoms with Crippen molar-refractivity contribution in [1.82, 2.24) is 19.2 Å². The van der Waals surface area contributed by atoms with E-state index in [1.807, 2.05) is 11.8 Å². The molecule has 5 heterocycles. The lowest BCUT2D eigenvalue weighted by Gasteiger charge is -2.41. The molecule has 4 N–H and O–H groups in total. The van der Waals surface area contributed by atoms with Gasteiger partial charge in [-0.2, -0.15) is 10.1 Å². The van der Waals surface area contributed by atoms with E-state index in [1.54, 1.807) is 29.0 Å². The Morgan fingerprint density at radius 2 is 2.14 bits per heavy atom. The van der Waals surface area contributed by atoms with Gasteiger partial charge in [-0.05, 0) is 31.9 Å². The Bertz CT molecular complexity index is 1320. The van der Waals surface area contributed by atoms with Gasteiger partial charge in [0.15, 0.2) is 6.73 Å². The molecule has 0 amide bonds. The number of carbonyl (C=O) groups is 1. The number of piperidine rings is 1. The molecule has 0 saturated carbocycles. The fraction of sp³-hybridized carbons (Fsp3) is 0.455. The summed E-state index contributed by atoms with van der Waals surface area (Å²) in [6, 6.07) is 3.49. The smallest absolute Gasteiger partial charge is 0.294 e. The minimum Gasteiger partial charge on any atom is -0.446 e. The Hall–Kier alpha value is -2.80. The summed E-state index contributed by atoms with van der Waals surface area (Å²) in [6.07, 6.45) is 4.98. The van der Waals surface area contributed by atoms with Crippen LogP contribution in [0.3, 0.4) is 0 Å². The first-order chi connectivity index (χ1) is 16.8. The van der Waals surface area contributed by atoms with Crippen LogP contribution >= 0.6 is 23.4 Å². The quantitative estimate of drug-likeness (QED) is 0.462. The molecule has 35 heavy (non-hydrogen) atoms. The number of fused-ring (bicyclic) bond motifs is 1. The van der Waals surface area contributed by atoms with E-state index in [-0.39, 0.29) is 35.0 Å². The number of nitrogen functional groups attached to an aromatic ring is 1. The molecule has 5 rings (SSSR count). The van der Waals surface area contributed by atoms with Crippen LogP contribution in [0.1, 0.15) is 19.8 Å². The van der Waals surface area contributed by atoms with E-state index < -0.39 is 5.56 Å². The van der Waals surface area contributed by atoms with Gasteiger partial charge in [-0.25, -0.2) is 9.08 Å². The lowest BCUT2D eigenvalue weighted by molar-refractivity contribution is -0.132. The fourth-order valence-corrected chi connectivity index (χ4v) is 6.08. The van der Waals surface area contributed by atoms with Crippen LogP contribution in [0.5, 0.6) is 0 Å². The van der Waals surface area contributed by atoms with Gasteiger partial charge in [-0.1, -0.05) is 23.4 Å². The minimum atomic E-state index is -0.418. The Balaban J connectivity index is 1.47. The van der Waals surface area contributed by atoms with E-state index in [0.29, 0.717) is 47.6 Å². The van der Waals surface area contributed by atoms with Crippen molar-refractivity contribution in [2.75, 3.05) is 30.3 Å². The molecule has 0 radical (unpaired) electrons. The average Bonchev–Trinajstić information content (AvgIpc) is 3.44. The highest BCUT2D eigenvalue weighted by molar-refractivity contribution is 7.99. The van der Waals surface area contributed by atoms with E-state index in [2.05, 4.69) is 10.1 Å². The highest BCUT2D eigenvalue weighted by Crippen LogP contribution is 2.42. The number of hydrogen-bond acceptors (Lipinski definition) is 10. The summed E-state index contributed by atoms with van der Waals surface area (Å²) in [6.45, 7) is 3.87. The third-order valence-electron chi connectivity index (χ3n) is 6.98. The van der Waals surface area contributed by atoms with Crippen LogP contribution in [0.4, 0.5) is 11.8 Å². The van der Waals surface area contributed by atoms with Gasteiger partial charge in [0, 0.05) is 35.6 Å². The number of pyridine rings is 1. The second-order valence-electron chi connectivity index (χ2n) is 8.90. The van der Waals surface area contributed by atoms with Crippen LogP contribution < -0.4 is 21.9 Å². The largest absolute Gasteiger partial charge is 0.446 e. The molecule has 2 aliphatic rings. The third kappa shape index (κ3) is 4.14. The molecule has 3 aromatic rings. The van der Waals surface area contributed by atoms with Crippen LogP contribution in [0, 0.1) is 5.41 Å². The number of aromatic nitrogens is 4. The molecular weight excluding hydrogens is 494 g/mol. The highest BCUT2D eigenvalue weighted by atomic mass is 35.5. The zero-order chi connectivity index (χ0) is 24.7. The maximum absolute atomic E-state index is 13.5. The molecule has 2 aliphatic heterocycles. The minimum absolute atomic E-state index is 0.0133. The molecule has 0 aromatic carbocycles. The van der Waals surface area contributed by atoms with Crippen LogP contribution in [0.2, 0.25) is 5.02 Å². The van der Waals surface area contributed by atoms with Crippen molar-refractivity contribution in [3.63, 3.8) is 0 Å². The average molecular weight is 520 g/mol. The number of nitrogens with zero attached hydrogens (tertiary/aromatic N) is 5. The van der Waals surface area contributed by atoms with E-state index in [0.717, 1.165) is 24.6 Å². The van der Waals surface area contributed by atoms with Gasteiger partial charge in [-0.15, -0.1) is 0 Å². The van der Waals surface area contributed by atoms with Gasteiger partial charge in [0.1, 0.15) is 10.7 Å². The van der Waals surface area contributed by atoms with E-state index in [4.69, 9.17) is 32.5 Å². The Morgan fingerprint density at radius 1 is 1.37 bits per heavy atom. The van der Waals surface area contributed by atoms with Gasteiger partial charge in [0.2, 0.25) is 5.95 Å². The molecule has 3 aromatic heterocycles. The zero-order valence-electron chi connectivity index (χ0n) is 19.1. The van der Waals surface area contributed by atoms with Crippen LogP contribution in [-0.4, -0.2) is 57.5 Å². The Labute approximate surface area is 210 Å². The van der Waals surface area contributed by atoms with Crippen LogP contribution in [0.25, 0.3) is 5.52 Å². The van der Waals surface area contributed by atoms with Gasteiger partial charge < -0.3 is 25.8 Å². The van der Waals surface area contributed by atoms with Crippen molar-refractivity contribution in [1.29, 1.82) is 0 Å². The molecule has 2 saturated heterocycles. The molecule has 13 heteroatoms. The van der Waals surface area contributed by atoms with Gasteiger partial charge in [0.25, 0.3) is 12.0 Å². The van der Waals surface area contributed by atoms with Gasteiger partial charge >= 0.3 is 0 Å². The molecule has 186 valence electrons. The molecular formula is C22H26ClN7O4S. The summed E-state index contributed by atoms with van der Waals surface area (Å²) in [5, 5.41) is 4.60. The number of anilines is 2.